The first kappa shape index (κ1) is 20.0. The summed E-state index contributed by atoms with van der Waals surface area (Å²) in [5.41, 5.74) is 4.98. The number of allylic oxidation sites excluding steroid dienone is 2. The highest BCUT2D eigenvalue weighted by atomic mass is 16.5. The fourth-order valence-electron chi connectivity index (χ4n) is 2.10. The van der Waals surface area contributed by atoms with Crippen LogP contribution < -0.4 is 5.73 Å². The SMILES string of the molecule is CC1(C(=O)O)C=CC=C(C(=O)O)C1.NC(=O)OCCc1ccccc1. The highest BCUT2D eigenvalue weighted by molar-refractivity contribution is 5.90. The molecule has 1 unspecified atom stereocenters. The molecular formula is C18H21NO6. The summed E-state index contributed by atoms with van der Waals surface area (Å²) < 4.78 is 4.58. The van der Waals surface area contributed by atoms with Gasteiger partial charge in [0.1, 0.15) is 0 Å². The molecule has 134 valence electrons. The van der Waals surface area contributed by atoms with Gasteiger partial charge in [-0.15, -0.1) is 0 Å². The fraction of sp³-hybridized carbons (Fsp3) is 0.278. The van der Waals surface area contributed by atoms with Gasteiger partial charge in [-0.05, 0) is 18.9 Å². The van der Waals surface area contributed by atoms with Gasteiger partial charge in [-0.1, -0.05) is 48.6 Å². The van der Waals surface area contributed by atoms with Gasteiger partial charge in [0.15, 0.2) is 0 Å². The van der Waals surface area contributed by atoms with E-state index in [2.05, 4.69) is 4.74 Å². The molecule has 1 amide bonds. The molecule has 4 N–H and O–H groups in total. The summed E-state index contributed by atoms with van der Waals surface area (Å²) in [6, 6.07) is 9.78. The van der Waals surface area contributed by atoms with Crippen LogP contribution in [-0.2, 0) is 20.7 Å². The Morgan fingerprint density at radius 3 is 2.36 bits per heavy atom. The smallest absolute Gasteiger partial charge is 0.404 e. The van der Waals surface area contributed by atoms with E-state index in [9.17, 15) is 14.4 Å². The first-order valence-corrected chi connectivity index (χ1v) is 7.56. The molecule has 1 aromatic rings. The number of hydrogen-bond acceptors (Lipinski definition) is 4. The first-order valence-electron chi connectivity index (χ1n) is 7.56. The lowest BCUT2D eigenvalue weighted by atomic mass is 9.80. The molecule has 0 aromatic heterocycles. The predicted octanol–water partition coefficient (Wildman–Crippen LogP) is 2.37. The Kier molecular flexibility index (Phi) is 7.40. The summed E-state index contributed by atoms with van der Waals surface area (Å²) in [5.74, 6) is -2.06. The van der Waals surface area contributed by atoms with Crippen molar-refractivity contribution >= 4 is 18.0 Å². The summed E-state index contributed by atoms with van der Waals surface area (Å²) in [6.45, 7) is 1.85. The average Bonchev–Trinajstić information content (AvgIpc) is 2.56. The number of primary amides is 1. The number of hydrogen-bond donors (Lipinski definition) is 3. The van der Waals surface area contributed by atoms with E-state index < -0.39 is 23.4 Å². The van der Waals surface area contributed by atoms with E-state index >= 15 is 0 Å². The van der Waals surface area contributed by atoms with Gasteiger partial charge in [-0.3, -0.25) is 4.79 Å². The molecule has 25 heavy (non-hydrogen) atoms. The van der Waals surface area contributed by atoms with E-state index in [0.29, 0.717) is 13.0 Å². The van der Waals surface area contributed by atoms with E-state index in [-0.39, 0.29) is 12.0 Å². The molecule has 0 spiro atoms. The Balaban J connectivity index is 0.000000251. The second-order valence-electron chi connectivity index (χ2n) is 5.66. The molecule has 1 aliphatic rings. The summed E-state index contributed by atoms with van der Waals surface area (Å²) in [4.78, 5) is 31.5. The monoisotopic (exact) mass is 347 g/mol. The molecule has 1 aromatic carbocycles. The fourth-order valence-corrected chi connectivity index (χ4v) is 2.10. The van der Waals surface area contributed by atoms with Gasteiger partial charge < -0.3 is 20.7 Å². The Morgan fingerprint density at radius 1 is 1.20 bits per heavy atom. The van der Waals surface area contributed by atoms with Crippen molar-refractivity contribution in [3.63, 3.8) is 0 Å². The van der Waals surface area contributed by atoms with Crippen molar-refractivity contribution in [2.24, 2.45) is 11.1 Å². The van der Waals surface area contributed by atoms with Crippen LogP contribution in [0.15, 0.2) is 54.1 Å². The van der Waals surface area contributed by atoms with Crippen molar-refractivity contribution in [3.8, 4) is 0 Å². The van der Waals surface area contributed by atoms with Crippen molar-refractivity contribution in [3.05, 3.63) is 59.7 Å². The zero-order valence-corrected chi connectivity index (χ0v) is 13.8. The quantitative estimate of drug-likeness (QED) is 0.750. The standard InChI is InChI=1S/C9H11NO2.C9H10O4/c10-9(11)12-7-6-8-4-2-1-3-5-8;1-9(8(12)13)4-2-3-6(5-9)7(10)11/h1-5H,6-7H2,(H2,10,11);2-4H,5H2,1H3,(H,10,11)(H,12,13). The number of carbonyl (C=O) groups excluding carboxylic acids is 1. The maximum absolute atomic E-state index is 10.8. The number of nitrogens with two attached hydrogens (primary N) is 1. The van der Waals surface area contributed by atoms with Crippen LogP contribution in [-0.4, -0.2) is 34.9 Å². The zero-order valence-electron chi connectivity index (χ0n) is 13.8. The van der Waals surface area contributed by atoms with Crippen LogP contribution in [0.1, 0.15) is 18.9 Å². The second-order valence-corrected chi connectivity index (χ2v) is 5.66. The summed E-state index contributed by atoms with van der Waals surface area (Å²) in [6.07, 6.45) is 4.43. The molecule has 0 radical (unpaired) electrons. The van der Waals surface area contributed by atoms with Crippen LogP contribution in [0.5, 0.6) is 0 Å². The van der Waals surface area contributed by atoms with E-state index in [1.165, 1.54) is 25.2 Å². The lowest BCUT2D eigenvalue weighted by Gasteiger charge is -2.23. The maximum atomic E-state index is 10.8. The van der Waals surface area contributed by atoms with Gasteiger partial charge in [0, 0.05) is 12.0 Å². The minimum Gasteiger partial charge on any atom is -0.481 e. The largest absolute Gasteiger partial charge is 0.481 e. The van der Waals surface area contributed by atoms with Gasteiger partial charge in [-0.25, -0.2) is 9.59 Å². The van der Waals surface area contributed by atoms with Crippen LogP contribution in [0.2, 0.25) is 0 Å². The van der Waals surface area contributed by atoms with E-state index in [1.54, 1.807) is 0 Å². The number of amides is 1. The van der Waals surface area contributed by atoms with Crippen molar-refractivity contribution in [1.82, 2.24) is 0 Å². The van der Waals surface area contributed by atoms with Crippen molar-refractivity contribution in [2.45, 2.75) is 19.8 Å². The lowest BCUT2D eigenvalue weighted by Crippen LogP contribution is -2.28. The summed E-state index contributed by atoms with van der Waals surface area (Å²) in [7, 11) is 0. The molecule has 7 nitrogen and oxygen atoms in total. The third kappa shape index (κ3) is 6.90. The molecule has 1 aliphatic carbocycles. The van der Waals surface area contributed by atoms with Crippen molar-refractivity contribution in [2.75, 3.05) is 6.61 Å². The number of rotatable bonds is 5. The van der Waals surface area contributed by atoms with E-state index in [4.69, 9.17) is 15.9 Å². The Morgan fingerprint density at radius 2 is 1.84 bits per heavy atom. The van der Waals surface area contributed by atoms with E-state index in [0.717, 1.165) is 5.56 Å². The number of aliphatic carboxylic acids is 2. The van der Waals surface area contributed by atoms with Gasteiger partial charge in [0.05, 0.1) is 12.0 Å². The molecule has 2 rings (SSSR count). The average molecular weight is 347 g/mol. The molecule has 7 heteroatoms. The third-order valence-corrected chi connectivity index (χ3v) is 3.56. The molecular weight excluding hydrogens is 326 g/mol. The van der Waals surface area contributed by atoms with Crippen LogP contribution in [0.25, 0.3) is 0 Å². The Hall–Kier alpha value is -3.09. The molecule has 0 saturated heterocycles. The van der Waals surface area contributed by atoms with Crippen LogP contribution in [0.3, 0.4) is 0 Å². The normalized spacial score (nSPS) is 18.4. The van der Waals surface area contributed by atoms with Crippen LogP contribution >= 0.6 is 0 Å². The minimum absolute atomic E-state index is 0.0359. The van der Waals surface area contributed by atoms with Gasteiger partial charge >= 0.3 is 18.0 Å². The second kappa shape index (κ2) is 9.27. The number of benzene rings is 1. The van der Waals surface area contributed by atoms with Gasteiger partial charge in [-0.2, -0.15) is 0 Å². The Labute approximate surface area is 145 Å². The highest BCUT2D eigenvalue weighted by Gasteiger charge is 2.34. The van der Waals surface area contributed by atoms with Crippen molar-refractivity contribution in [1.29, 1.82) is 0 Å². The number of ether oxygens (including phenoxy) is 1. The highest BCUT2D eigenvalue weighted by Crippen LogP contribution is 2.31. The van der Waals surface area contributed by atoms with Crippen LogP contribution in [0, 0.1) is 5.41 Å². The lowest BCUT2D eigenvalue weighted by molar-refractivity contribution is -0.145. The number of carboxylic acid groups (broad SMARTS) is 2. The topological polar surface area (TPSA) is 127 Å². The molecule has 0 heterocycles. The van der Waals surface area contributed by atoms with Crippen LogP contribution in [0.4, 0.5) is 4.79 Å². The van der Waals surface area contributed by atoms with Gasteiger partial charge in [0.2, 0.25) is 0 Å². The molecule has 0 aliphatic heterocycles. The zero-order chi connectivity index (χ0) is 18.9. The maximum Gasteiger partial charge on any atom is 0.404 e. The molecule has 0 saturated carbocycles. The Bertz CT molecular complexity index is 680. The number of carbonyl (C=O) groups is 3. The predicted molar refractivity (Wildman–Crippen MR) is 90.9 cm³/mol. The van der Waals surface area contributed by atoms with Crippen molar-refractivity contribution < 1.29 is 29.3 Å². The number of carboxylic acids is 2. The van der Waals surface area contributed by atoms with E-state index in [1.807, 2.05) is 30.3 Å². The molecule has 0 fully saturated rings. The molecule has 1 atom stereocenters. The van der Waals surface area contributed by atoms with Gasteiger partial charge in [0.25, 0.3) is 0 Å². The summed E-state index contributed by atoms with van der Waals surface area (Å²) in [5, 5.41) is 17.5. The molecule has 0 bridgehead atoms. The third-order valence-electron chi connectivity index (χ3n) is 3.56. The minimum atomic E-state index is -1.08. The summed E-state index contributed by atoms with van der Waals surface area (Å²) >= 11 is 0. The first-order chi connectivity index (χ1) is 11.7.